The molecule has 1 N–H and O–H groups in total. The molecule has 0 aromatic carbocycles. The molecule has 172 valence electrons. The monoisotopic (exact) mass is 518 g/mol. The molecule has 0 aromatic rings. The third-order valence-corrected chi connectivity index (χ3v) is 14.9. The van der Waals surface area contributed by atoms with Gasteiger partial charge in [-0.15, -0.1) is 23.2 Å². The molecule has 0 spiro atoms. The third-order valence-electron chi connectivity index (χ3n) is 7.82. The van der Waals surface area contributed by atoms with E-state index < -0.39 is 59.6 Å². The SMILES string of the molecule is COC1(OC)[C@@]2(Cl)C(Cl)=C(Cl)[C@]1(Cl)[C@@H]1[C@H](O[Si](C)(C)C(C)(C)C)[C@@H](C)[C@@H](O)C(=O)[C@@H]12. The first kappa shape index (κ1) is 25.3. The average molecular weight is 520 g/mol. The molecule has 2 saturated carbocycles. The van der Waals surface area contributed by atoms with Gasteiger partial charge in [0.15, 0.2) is 14.1 Å². The Morgan fingerprint density at radius 2 is 1.50 bits per heavy atom. The van der Waals surface area contributed by atoms with Crippen LogP contribution < -0.4 is 0 Å². The Labute approximate surface area is 199 Å². The lowest BCUT2D eigenvalue weighted by molar-refractivity contribution is -0.221. The van der Waals surface area contributed by atoms with E-state index in [1.807, 2.05) is 0 Å². The van der Waals surface area contributed by atoms with Crippen molar-refractivity contribution in [3.63, 3.8) is 0 Å². The molecule has 0 aromatic heterocycles. The van der Waals surface area contributed by atoms with E-state index in [2.05, 4.69) is 33.9 Å². The average Bonchev–Trinajstić information content (AvgIpc) is 2.90. The summed E-state index contributed by atoms with van der Waals surface area (Å²) in [5.41, 5.74) is 0. The van der Waals surface area contributed by atoms with E-state index >= 15 is 0 Å². The van der Waals surface area contributed by atoms with Crippen LogP contribution in [0, 0.1) is 17.8 Å². The fraction of sp³-hybridized carbons (Fsp3) is 0.850. The summed E-state index contributed by atoms with van der Waals surface area (Å²) >= 11 is 27.5. The maximum Gasteiger partial charge on any atom is 0.218 e. The van der Waals surface area contributed by atoms with Crippen molar-refractivity contribution in [1.29, 1.82) is 0 Å². The highest BCUT2D eigenvalue weighted by molar-refractivity contribution is 6.74. The molecular formula is C20H30Cl4O5Si. The van der Waals surface area contributed by atoms with E-state index in [9.17, 15) is 9.90 Å². The normalized spacial score (nSPS) is 43.4. The Kier molecular flexibility index (Phi) is 6.15. The lowest BCUT2D eigenvalue weighted by Gasteiger charge is -2.51. The van der Waals surface area contributed by atoms with Gasteiger partial charge in [0.2, 0.25) is 5.79 Å². The van der Waals surface area contributed by atoms with E-state index in [1.165, 1.54) is 14.2 Å². The van der Waals surface area contributed by atoms with Crippen LogP contribution in [0.4, 0.5) is 0 Å². The molecule has 3 aliphatic rings. The van der Waals surface area contributed by atoms with Gasteiger partial charge in [-0.3, -0.25) is 4.79 Å². The Balaban J connectivity index is 2.27. The number of fused-ring (bicyclic) bond motifs is 5. The van der Waals surface area contributed by atoms with E-state index in [-0.39, 0.29) is 15.1 Å². The van der Waals surface area contributed by atoms with Crippen LogP contribution in [-0.2, 0) is 18.7 Å². The van der Waals surface area contributed by atoms with Crippen LogP contribution in [0.15, 0.2) is 10.1 Å². The zero-order valence-corrected chi connectivity index (χ0v) is 22.5. The molecule has 3 aliphatic carbocycles. The van der Waals surface area contributed by atoms with Crippen molar-refractivity contribution in [3.05, 3.63) is 10.1 Å². The van der Waals surface area contributed by atoms with Gasteiger partial charge in [0.25, 0.3) is 0 Å². The molecule has 5 nitrogen and oxygen atoms in total. The highest BCUT2D eigenvalue weighted by atomic mass is 35.5. The molecule has 7 atom stereocenters. The highest BCUT2D eigenvalue weighted by Crippen LogP contribution is 2.76. The fourth-order valence-electron chi connectivity index (χ4n) is 5.17. The number of aliphatic hydroxyl groups is 1. The number of hydrogen-bond donors (Lipinski definition) is 1. The number of carbonyl (C=O) groups is 1. The number of carbonyl (C=O) groups excluding carboxylic acids is 1. The maximum atomic E-state index is 13.4. The van der Waals surface area contributed by atoms with Gasteiger partial charge in [-0.05, 0) is 18.1 Å². The molecule has 10 heteroatoms. The lowest BCUT2D eigenvalue weighted by Crippen LogP contribution is -2.62. The minimum Gasteiger partial charge on any atom is -0.413 e. The van der Waals surface area contributed by atoms with Crippen molar-refractivity contribution < 1.29 is 23.8 Å². The van der Waals surface area contributed by atoms with Gasteiger partial charge in [0.1, 0.15) is 15.9 Å². The largest absolute Gasteiger partial charge is 0.413 e. The minimum absolute atomic E-state index is 0.00645. The van der Waals surface area contributed by atoms with Gasteiger partial charge in [-0.2, -0.15) is 0 Å². The number of alkyl halides is 2. The first-order valence-electron chi connectivity index (χ1n) is 9.95. The minimum atomic E-state index is -2.33. The topological polar surface area (TPSA) is 65.0 Å². The van der Waals surface area contributed by atoms with Crippen LogP contribution in [0.1, 0.15) is 27.7 Å². The molecule has 0 radical (unpaired) electrons. The Hall–Kier alpha value is 0.627. The van der Waals surface area contributed by atoms with Gasteiger partial charge >= 0.3 is 0 Å². The molecule has 3 rings (SSSR count). The van der Waals surface area contributed by atoms with Gasteiger partial charge in [-0.25, -0.2) is 0 Å². The Morgan fingerprint density at radius 1 is 1.03 bits per heavy atom. The van der Waals surface area contributed by atoms with Crippen LogP contribution in [-0.4, -0.2) is 61.2 Å². The number of rotatable bonds is 4. The van der Waals surface area contributed by atoms with Crippen LogP contribution in [0.2, 0.25) is 18.1 Å². The number of Topliss-reactive ketones (excluding diaryl/α,β-unsaturated/α-hetero) is 1. The molecule has 0 amide bonds. The number of hydrogen-bond acceptors (Lipinski definition) is 5. The number of aliphatic hydroxyl groups excluding tert-OH is 1. The number of ketones is 1. The second kappa shape index (κ2) is 7.31. The number of ether oxygens (including phenoxy) is 2. The molecular weight excluding hydrogens is 490 g/mol. The molecule has 30 heavy (non-hydrogen) atoms. The first-order chi connectivity index (χ1) is 13.5. The summed E-state index contributed by atoms with van der Waals surface area (Å²) in [4.78, 5) is 10.1. The van der Waals surface area contributed by atoms with Crippen LogP contribution in [0.5, 0.6) is 0 Å². The van der Waals surface area contributed by atoms with Crippen molar-refractivity contribution in [2.24, 2.45) is 17.8 Å². The summed E-state index contributed by atoms with van der Waals surface area (Å²) in [5.74, 6) is -4.39. The summed E-state index contributed by atoms with van der Waals surface area (Å²) < 4.78 is 18.3. The zero-order valence-electron chi connectivity index (χ0n) is 18.5. The summed E-state index contributed by atoms with van der Waals surface area (Å²) in [7, 11) is 0.449. The highest BCUT2D eigenvalue weighted by Gasteiger charge is 2.88. The van der Waals surface area contributed by atoms with Crippen molar-refractivity contribution in [2.75, 3.05) is 14.2 Å². The molecule has 0 aliphatic heterocycles. The second-order valence-electron chi connectivity index (χ2n) is 10.1. The van der Waals surface area contributed by atoms with Gasteiger partial charge < -0.3 is 19.0 Å². The molecule has 0 unspecified atom stereocenters. The quantitative estimate of drug-likeness (QED) is 0.326. The zero-order chi connectivity index (χ0) is 23.2. The standard InChI is InChI=1S/C20H30Cl4O5Si/c1-9-12(25)13(26)10-11(14(9)29-30(7,8)17(2,3)4)19(24)16(22)15(21)18(10,23)20(19,27-5)28-6/h9-12,14,25H,1-8H3/t9-,10+,11-,12+,14+,18-,19+/m0/s1. The van der Waals surface area contributed by atoms with E-state index in [1.54, 1.807) is 6.92 Å². The van der Waals surface area contributed by atoms with Crippen LogP contribution in [0.3, 0.4) is 0 Å². The van der Waals surface area contributed by atoms with Crippen molar-refractivity contribution in [3.8, 4) is 0 Å². The lowest BCUT2D eigenvalue weighted by atomic mass is 9.65. The molecule has 2 bridgehead atoms. The Bertz CT molecular complexity index is 793. The van der Waals surface area contributed by atoms with Crippen molar-refractivity contribution in [2.45, 2.75) is 73.6 Å². The molecule has 0 saturated heterocycles. The smallest absolute Gasteiger partial charge is 0.218 e. The summed E-state index contributed by atoms with van der Waals surface area (Å²) in [6, 6.07) is 0. The van der Waals surface area contributed by atoms with E-state index in [4.69, 9.17) is 60.3 Å². The van der Waals surface area contributed by atoms with Crippen molar-refractivity contribution in [1.82, 2.24) is 0 Å². The number of halogens is 4. The maximum absolute atomic E-state index is 13.4. The van der Waals surface area contributed by atoms with E-state index in [0.717, 1.165) is 0 Å². The summed E-state index contributed by atoms with van der Waals surface area (Å²) in [6.45, 7) is 12.3. The second-order valence-corrected chi connectivity index (χ2v) is 16.8. The summed E-state index contributed by atoms with van der Waals surface area (Å²) in [5, 5.41) is 10.9. The van der Waals surface area contributed by atoms with Gasteiger partial charge in [-0.1, -0.05) is 50.9 Å². The molecule has 2 fully saturated rings. The van der Waals surface area contributed by atoms with Gasteiger partial charge in [0.05, 0.1) is 22.1 Å². The fourth-order valence-corrected chi connectivity index (χ4v) is 8.79. The van der Waals surface area contributed by atoms with Gasteiger partial charge in [0, 0.05) is 26.1 Å². The molecule has 0 heterocycles. The number of methoxy groups -OCH3 is 2. The third kappa shape index (κ3) is 2.66. The van der Waals surface area contributed by atoms with Crippen LogP contribution >= 0.6 is 46.4 Å². The van der Waals surface area contributed by atoms with Crippen molar-refractivity contribution >= 4 is 60.5 Å². The Morgan fingerprint density at radius 3 is 1.93 bits per heavy atom. The summed E-state index contributed by atoms with van der Waals surface area (Å²) in [6.07, 6.45) is -1.89. The first-order valence-corrected chi connectivity index (χ1v) is 14.4. The predicted octanol–water partition coefficient (Wildman–Crippen LogP) is 4.85. The van der Waals surface area contributed by atoms with Crippen LogP contribution in [0.25, 0.3) is 0 Å². The predicted molar refractivity (Wildman–Crippen MR) is 122 cm³/mol. The van der Waals surface area contributed by atoms with E-state index in [0.29, 0.717) is 0 Å².